The van der Waals surface area contributed by atoms with E-state index in [4.69, 9.17) is 0 Å². The van der Waals surface area contributed by atoms with Gasteiger partial charge >= 0.3 is 0 Å². The van der Waals surface area contributed by atoms with Crippen molar-refractivity contribution in [1.82, 2.24) is 15.1 Å². The van der Waals surface area contributed by atoms with E-state index in [1.807, 2.05) is 31.2 Å². The number of hydrogen-bond donors (Lipinski definition) is 2. The fourth-order valence-electron chi connectivity index (χ4n) is 2.69. The Morgan fingerprint density at radius 3 is 2.83 bits per heavy atom. The van der Waals surface area contributed by atoms with Gasteiger partial charge in [-0.05, 0) is 12.5 Å². The predicted molar refractivity (Wildman–Crippen MR) is 83.4 cm³/mol. The third-order valence-electron chi connectivity index (χ3n) is 3.98. The van der Waals surface area contributed by atoms with Gasteiger partial charge in [-0.3, -0.25) is 14.8 Å². The minimum atomic E-state index is -2.83. The lowest BCUT2D eigenvalue weighted by Crippen LogP contribution is -2.35. The molecule has 1 aliphatic rings. The van der Waals surface area contributed by atoms with Crippen LogP contribution in [0, 0.1) is 6.92 Å². The van der Waals surface area contributed by atoms with E-state index in [2.05, 4.69) is 15.7 Å². The second kappa shape index (κ2) is 5.73. The van der Waals surface area contributed by atoms with Crippen LogP contribution in [0.1, 0.15) is 12.0 Å². The molecule has 1 atom stereocenters. The third-order valence-corrected chi connectivity index (χ3v) is 3.98. The molecule has 1 unspecified atom stereocenters. The quantitative estimate of drug-likeness (QED) is 0.912. The number of carbonyl (C=O) groups excluding carboxylic acids is 1. The summed E-state index contributed by atoms with van der Waals surface area (Å²) in [4.78, 5) is 12.1. The van der Waals surface area contributed by atoms with Gasteiger partial charge in [-0.25, -0.2) is 8.78 Å². The Bertz CT molecular complexity index is 741. The molecular formula is C16H18F2N4O. The summed E-state index contributed by atoms with van der Waals surface area (Å²) in [5.41, 5.74) is 2.76. The molecule has 1 fully saturated rings. The molecule has 0 spiro atoms. The smallest absolute Gasteiger partial charge is 0.262 e. The standard InChI is InChI=1S/C16H18F2N4O/c1-10-5-3-4-6-11(10)12-7-14(22(2)21-12)20-15(23)13-8-16(17,18)9-19-13/h3-7,13,19H,8-9H2,1-2H3,(H,20,23). The van der Waals surface area contributed by atoms with Gasteiger partial charge in [-0.15, -0.1) is 0 Å². The average molecular weight is 320 g/mol. The molecule has 2 heterocycles. The summed E-state index contributed by atoms with van der Waals surface area (Å²) in [5, 5.41) is 9.59. The van der Waals surface area contributed by atoms with Crippen molar-refractivity contribution >= 4 is 11.7 Å². The lowest BCUT2D eigenvalue weighted by Gasteiger charge is -2.10. The maximum absolute atomic E-state index is 13.2. The molecule has 7 heteroatoms. The molecule has 2 aromatic rings. The van der Waals surface area contributed by atoms with Gasteiger partial charge in [0.1, 0.15) is 5.82 Å². The molecular weight excluding hydrogens is 302 g/mol. The first-order valence-electron chi connectivity index (χ1n) is 7.38. The molecule has 1 aliphatic heterocycles. The lowest BCUT2D eigenvalue weighted by atomic mass is 10.1. The van der Waals surface area contributed by atoms with E-state index in [1.165, 1.54) is 4.68 Å². The topological polar surface area (TPSA) is 59.0 Å². The minimum Gasteiger partial charge on any atom is -0.310 e. The Morgan fingerprint density at radius 2 is 2.17 bits per heavy atom. The Labute approximate surface area is 132 Å². The summed E-state index contributed by atoms with van der Waals surface area (Å²) in [5.74, 6) is -2.83. The third kappa shape index (κ3) is 3.24. The fraction of sp³-hybridized carbons (Fsp3) is 0.375. The number of rotatable bonds is 3. The Hall–Kier alpha value is -2.28. The summed E-state index contributed by atoms with van der Waals surface area (Å²) in [6, 6.07) is 8.64. The summed E-state index contributed by atoms with van der Waals surface area (Å²) in [6.07, 6.45) is -0.485. The van der Waals surface area contributed by atoms with Gasteiger partial charge < -0.3 is 5.32 Å². The summed E-state index contributed by atoms with van der Waals surface area (Å²) >= 11 is 0. The van der Waals surface area contributed by atoms with Crippen molar-refractivity contribution in [3.63, 3.8) is 0 Å². The molecule has 23 heavy (non-hydrogen) atoms. The van der Waals surface area contributed by atoms with Gasteiger partial charge in [-0.2, -0.15) is 5.10 Å². The number of aryl methyl sites for hydroxylation is 2. The van der Waals surface area contributed by atoms with Crippen LogP contribution in [0.4, 0.5) is 14.6 Å². The first kappa shape index (κ1) is 15.6. The van der Waals surface area contributed by atoms with Crippen LogP contribution in [0.15, 0.2) is 30.3 Å². The van der Waals surface area contributed by atoms with Crippen LogP contribution < -0.4 is 10.6 Å². The molecule has 1 saturated heterocycles. The SMILES string of the molecule is Cc1ccccc1-c1cc(NC(=O)C2CC(F)(F)CN2)n(C)n1. The predicted octanol–water partition coefficient (Wildman–Crippen LogP) is 2.33. The highest BCUT2D eigenvalue weighted by Crippen LogP contribution is 2.27. The molecule has 0 aliphatic carbocycles. The van der Waals surface area contributed by atoms with E-state index in [-0.39, 0.29) is 0 Å². The Balaban J connectivity index is 1.77. The first-order valence-corrected chi connectivity index (χ1v) is 7.38. The van der Waals surface area contributed by atoms with Crippen LogP contribution in [-0.4, -0.2) is 34.2 Å². The zero-order valence-corrected chi connectivity index (χ0v) is 12.9. The number of amides is 1. The normalized spacial score (nSPS) is 19.7. The number of nitrogens with one attached hydrogen (secondary N) is 2. The number of alkyl halides is 2. The van der Waals surface area contributed by atoms with Crippen molar-refractivity contribution in [2.24, 2.45) is 7.05 Å². The molecule has 1 amide bonds. The Kier molecular flexibility index (Phi) is 3.89. The molecule has 0 saturated carbocycles. The second-order valence-electron chi connectivity index (χ2n) is 5.84. The summed E-state index contributed by atoms with van der Waals surface area (Å²) in [7, 11) is 1.70. The number of benzene rings is 1. The van der Waals surface area contributed by atoms with Crippen molar-refractivity contribution in [1.29, 1.82) is 0 Å². The molecule has 0 radical (unpaired) electrons. The second-order valence-corrected chi connectivity index (χ2v) is 5.84. The number of nitrogens with zero attached hydrogens (tertiary/aromatic N) is 2. The van der Waals surface area contributed by atoms with E-state index >= 15 is 0 Å². The van der Waals surface area contributed by atoms with Gasteiger partial charge in [0.05, 0.1) is 18.3 Å². The van der Waals surface area contributed by atoms with Crippen molar-refractivity contribution in [2.45, 2.75) is 25.3 Å². The van der Waals surface area contributed by atoms with Crippen molar-refractivity contribution in [3.8, 4) is 11.3 Å². The zero-order valence-electron chi connectivity index (χ0n) is 12.9. The van der Waals surface area contributed by atoms with Crippen LogP contribution >= 0.6 is 0 Å². The molecule has 1 aromatic carbocycles. The highest BCUT2D eigenvalue weighted by molar-refractivity contribution is 5.95. The van der Waals surface area contributed by atoms with Gasteiger partial charge in [0.15, 0.2) is 0 Å². The fourth-order valence-corrected chi connectivity index (χ4v) is 2.69. The maximum atomic E-state index is 13.2. The maximum Gasteiger partial charge on any atom is 0.262 e. The van der Waals surface area contributed by atoms with Gasteiger partial charge in [0.25, 0.3) is 5.92 Å². The van der Waals surface area contributed by atoms with E-state index < -0.39 is 30.8 Å². The first-order chi connectivity index (χ1) is 10.9. The van der Waals surface area contributed by atoms with Crippen LogP contribution in [0.5, 0.6) is 0 Å². The molecule has 5 nitrogen and oxygen atoms in total. The highest BCUT2D eigenvalue weighted by Gasteiger charge is 2.42. The largest absolute Gasteiger partial charge is 0.310 e. The van der Waals surface area contributed by atoms with Crippen molar-refractivity contribution in [3.05, 3.63) is 35.9 Å². The van der Waals surface area contributed by atoms with Crippen molar-refractivity contribution < 1.29 is 13.6 Å². The average Bonchev–Trinajstić information content (AvgIpc) is 3.03. The summed E-state index contributed by atoms with van der Waals surface area (Å²) < 4.78 is 27.9. The zero-order chi connectivity index (χ0) is 16.6. The van der Waals surface area contributed by atoms with E-state index in [9.17, 15) is 13.6 Å². The van der Waals surface area contributed by atoms with Gasteiger partial charge in [0.2, 0.25) is 5.91 Å². The number of carbonyl (C=O) groups is 1. The monoisotopic (exact) mass is 320 g/mol. The molecule has 122 valence electrons. The summed E-state index contributed by atoms with van der Waals surface area (Å²) in [6.45, 7) is 1.51. The van der Waals surface area contributed by atoms with E-state index in [1.54, 1.807) is 13.1 Å². The number of aromatic nitrogens is 2. The molecule has 0 bridgehead atoms. The number of anilines is 1. The van der Waals surface area contributed by atoms with Crippen LogP contribution in [0.2, 0.25) is 0 Å². The van der Waals surface area contributed by atoms with Crippen molar-refractivity contribution in [2.75, 3.05) is 11.9 Å². The van der Waals surface area contributed by atoms with Gasteiger partial charge in [-0.1, -0.05) is 24.3 Å². The number of hydrogen-bond acceptors (Lipinski definition) is 3. The molecule has 3 rings (SSSR count). The molecule has 2 N–H and O–H groups in total. The van der Waals surface area contributed by atoms with E-state index in [0.717, 1.165) is 16.8 Å². The van der Waals surface area contributed by atoms with Crippen LogP contribution in [0.25, 0.3) is 11.3 Å². The van der Waals surface area contributed by atoms with Crippen LogP contribution in [-0.2, 0) is 11.8 Å². The van der Waals surface area contributed by atoms with Gasteiger partial charge in [0, 0.05) is 25.1 Å². The van der Waals surface area contributed by atoms with E-state index in [0.29, 0.717) is 5.82 Å². The number of halogens is 2. The Morgan fingerprint density at radius 1 is 1.43 bits per heavy atom. The molecule has 1 aromatic heterocycles. The highest BCUT2D eigenvalue weighted by atomic mass is 19.3. The minimum absolute atomic E-state index is 0.467. The van der Waals surface area contributed by atoms with Crippen LogP contribution in [0.3, 0.4) is 0 Å². The lowest BCUT2D eigenvalue weighted by molar-refractivity contribution is -0.118.